The van der Waals surface area contributed by atoms with Crippen LogP contribution >= 0.6 is 11.6 Å². The molecule has 0 spiro atoms. The standard InChI is InChI=1S/C20H24ClN3O3S/c21-17-7-9-18(10-8-17)24-20-6-2-1-5-19(20)23(28(24,25)26)12-4-3-11-22-13-15-27-16-14-22/h1-2,5-10H,3-4,11-16H2. The van der Waals surface area contributed by atoms with E-state index >= 15 is 0 Å². The highest BCUT2D eigenvalue weighted by Gasteiger charge is 2.40. The molecule has 8 heteroatoms. The zero-order valence-corrected chi connectivity index (χ0v) is 17.2. The summed E-state index contributed by atoms with van der Waals surface area (Å²) in [6.45, 7) is 4.91. The molecule has 4 rings (SSSR count). The molecule has 2 heterocycles. The summed E-state index contributed by atoms with van der Waals surface area (Å²) in [5.74, 6) is 0. The number of rotatable bonds is 6. The van der Waals surface area contributed by atoms with Gasteiger partial charge in [-0.1, -0.05) is 23.7 Å². The van der Waals surface area contributed by atoms with Crippen molar-refractivity contribution >= 4 is 38.9 Å². The number of anilines is 3. The smallest absolute Gasteiger partial charge is 0.330 e. The number of para-hydroxylation sites is 2. The summed E-state index contributed by atoms with van der Waals surface area (Å²) in [4.78, 5) is 2.37. The third-order valence-corrected chi connectivity index (χ3v) is 7.19. The number of morpholine rings is 1. The fourth-order valence-electron chi connectivity index (χ4n) is 3.69. The number of benzene rings is 2. The van der Waals surface area contributed by atoms with Crippen LogP contribution in [-0.2, 0) is 14.9 Å². The van der Waals surface area contributed by atoms with Crippen molar-refractivity contribution in [1.29, 1.82) is 0 Å². The van der Waals surface area contributed by atoms with Crippen LogP contribution in [0.3, 0.4) is 0 Å². The molecule has 0 amide bonds. The summed E-state index contributed by atoms with van der Waals surface area (Å²) in [7, 11) is -3.67. The van der Waals surface area contributed by atoms with Gasteiger partial charge in [-0.3, -0.25) is 9.21 Å². The molecule has 1 saturated heterocycles. The quantitative estimate of drug-likeness (QED) is 0.668. The second-order valence-electron chi connectivity index (χ2n) is 6.97. The van der Waals surface area contributed by atoms with Crippen molar-refractivity contribution < 1.29 is 13.2 Å². The summed E-state index contributed by atoms with van der Waals surface area (Å²) < 4.78 is 34.9. The first-order valence-corrected chi connectivity index (χ1v) is 11.3. The minimum atomic E-state index is -3.67. The number of nitrogens with zero attached hydrogens (tertiary/aromatic N) is 3. The maximum absolute atomic E-state index is 13.3. The van der Waals surface area contributed by atoms with Crippen molar-refractivity contribution in [1.82, 2.24) is 4.90 Å². The molecule has 2 aliphatic heterocycles. The lowest BCUT2D eigenvalue weighted by Crippen LogP contribution is -2.38. The third kappa shape index (κ3) is 3.85. The molecular formula is C20H24ClN3O3S. The Balaban J connectivity index is 1.50. The second-order valence-corrected chi connectivity index (χ2v) is 9.11. The van der Waals surface area contributed by atoms with E-state index in [1.165, 1.54) is 8.61 Å². The van der Waals surface area contributed by atoms with E-state index in [-0.39, 0.29) is 0 Å². The fraction of sp³-hybridized carbons (Fsp3) is 0.400. The molecule has 0 unspecified atom stereocenters. The Kier molecular flexibility index (Phi) is 5.78. The van der Waals surface area contributed by atoms with E-state index in [1.54, 1.807) is 24.3 Å². The highest BCUT2D eigenvalue weighted by molar-refractivity contribution is 7.95. The largest absolute Gasteiger partial charge is 0.379 e. The predicted octanol–water partition coefficient (Wildman–Crippen LogP) is 3.66. The molecule has 1 fully saturated rings. The molecule has 2 aromatic carbocycles. The van der Waals surface area contributed by atoms with Gasteiger partial charge in [-0.25, -0.2) is 4.31 Å². The minimum Gasteiger partial charge on any atom is -0.379 e. The van der Waals surface area contributed by atoms with Crippen LogP contribution in [0.4, 0.5) is 17.1 Å². The molecular weight excluding hydrogens is 398 g/mol. The average molecular weight is 422 g/mol. The van der Waals surface area contributed by atoms with Crippen molar-refractivity contribution in [3.8, 4) is 0 Å². The first kappa shape index (κ1) is 19.5. The topological polar surface area (TPSA) is 53.1 Å². The van der Waals surface area contributed by atoms with E-state index in [4.69, 9.17) is 16.3 Å². The lowest BCUT2D eigenvalue weighted by molar-refractivity contribution is 0.0373. The fourth-order valence-corrected chi connectivity index (χ4v) is 5.57. The van der Waals surface area contributed by atoms with Crippen LogP contribution in [0.15, 0.2) is 48.5 Å². The Bertz CT molecular complexity index is 915. The molecule has 0 bridgehead atoms. The molecule has 0 N–H and O–H groups in total. The Morgan fingerprint density at radius 1 is 0.893 bits per heavy atom. The molecule has 0 saturated carbocycles. The monoisotopic (exact) mass is 421 g/mol. The van der Waals surface area contributed by atoms with Crippen LogP contribution in [0.1, 0.15) is 12.8 Å². The van der Waals surface area contributed by atoms with Gasteiger partial charge in [0, 0.05) is 24.7 Å². The number of halogens is 1. The van der Waals surface area contributed by atoms with Gasteiger partial charge in [-0.15, -0.1) is 0 Å². The van der Waals surface area contributed by atoms with E-state index in [2.05, 4.69) is 4.90 Å². The van der Waals surface area contributed by atoms with E-state index in [0.717, 1.165) is 51.4 Å². The van der Waals surface area contributed by atoms with E-state index in [1.807, 2.05) is 24.3 Å². The summed E-state index contributed by atoms with van der Waals surface area (Å²) in [5, 5.41) is 0.577. The number of unbranched alkanes of at least 4 members (excludes halogenated alkanes) is 1. The molecule has 0 aliphatic carbocycles. The van der Waals surface area contributed by atoms with E-state index in [0.29, 0.717) is 22.9 Å². The normalized spacial score (nSPS) is 19.0. The summed E-state index contributed by atoms with van der Waals surface area (Å²) >= 11 is 5.98. The first-order valence-electron chi connectivity index (χ1n) is 9.55. The molecule has 0 radical (unpaired) electrons. The van der Waals surface area contributed by atoms with Gasteiger partial charge in [0.25, 0.3) is 0 Å². The van der Waals surface area contributed by atoms with Crippen LogP contribution < -0.4 is 8.61 Å². The molecule has 0 atom stereocenters. The Morgan fingerprint density at radius 2 is 1.54 bits per heavy atom. The maximum Gasteiger partial charge on any atom is 0.330 e. The number of hydrogen-bond donors (Lipinski definition) is 0. The van der Waals surface area contributed by atoms with Gasteiger partial charge in [0.15, 0.2) is 0 Å². The molecule has 2 aliphatic rings. The predicted molar refractivity (Wildman–Crippen MR) is 113 cm³/mol. The van der Waals surface area contributed by atoms with Crippen molar-refractivity contribution in [3.63, 3.8) is 0 Å². The molecule has 0 aromatic heterocycles. The lowest BCUT2D eigenvalue weighted by atomic mass is 10.2. The molecule has 28 heavy (non-hydrogen) atoms. The average Bonchev–Trinajstić information content (AvgIpc) is 2.93. The van der Waals surface area contributed by atoms with Crippen molar-refractivity contribution in [2.45, 2.75) is 12.8 Å². The van der Waals surface area contributed by atoms with Crippen LogP contribution in [0.2, 0.25) is 5.02 Å². The van der Waals surface area contributed by atoms with Crippen molar-refractivity contribution in [2.24, 2.45) is 0 Å². The van der Waals surface area contributed by atoms with Gasteiger partial charge in [-0.2, -0.15) is 8.42 Å². The highest BCUT2D eigenvalue weighted by Crippen LogP contribution is 2.45. The summed E-state index contributed by atoms with van der Waals surface area (Å²) in [6, 6.07) is 14.3. The Labute approximate surface area is 171 Å². The second kappa shape index (κ2) is 8.29. The van der Waals surface area contributed by atoms with Crippen LogP contribution in [0.25, 0.3) is 0 Å². The lowest BCUT2D eigenvalue weighted by Gasteiger charge is -2.27. The van der Waals surface area contributed by atoms with Gasteiger partial charge < -0.3 is 4.74 Å². The molecule has 2 aromatic rings. The number of fused-ring (bicyclic) bond motifs is 1. The first-order chi connectivity index (χ1) is 13.6. The summed E-state index contributed by atoms with van der Waals surface area (Å²) in [6.07, 6.45) is 1.76. The van der Waals surface area contributed by atoms with Crippen molar-refractivity contribution in [2.75, 3.05) is 48.0 Å². The Morgan fingerprint density at radius 3 is 2.25 bits per heavy atom. The van der Waals surface area contributed by atoms with Crippen LogP contribution in [-0.4, -0.2) is 52.7 Å². The Hall–Kier alpha value is -1.80. The van der Waals surface area contributed by atoms with Gasteiger partial charge in [0.1, 0.15) is 0 Å². The van der Waals surface area contributed by atoms with E-state index in [9.17, 15) is 8.42 Å². The van der Waals surface area contributed by atoms with Gasteiger partial charge in [0.05, 0.1) is 30.3 Å². The minimum absolute atomic E-state index is 0.466. The third-order valence-electron chi connectivity index (χ3n) is 5.13. The zero-order chi connectivity index (χ0) is 19.6. The van der Waals surface area contributed by atoms with Crippen LogP contribution in [0, 0.1) is 0 Å². The van der Waals surface area contributed by atoms with E-state index < -0.39 is 10.2 Å². The van der Waals surface area contributed by atoms with Gasteiger partial charge in [0.2, 0.25) is 0 Å². The van der Waals surface area contributed by atoms with Crippen LogP contribution in [0.5, 0.6) is 0 Å². The number of ether oxygens (including phenoxy) is 1. The molecule has 150 valence electrons. The number of hydrogen-bond acceptors (Lipinski definition) is 4. The SMILES string of the molecule is O=S1(=O)N(CCCCN2CCOCC2)c2ccccc2N1c1ccc(Cl)cc1. The maximum atomic E-state index is 13.3. The van der Waals surface area contributed by atoms with Gasteiger partial charge in [-0.05, 0) is 55.8 Å². The summed E-state index contributed by atoms with van der Waals surface area (Å²) in [5.41, 5.74) is 1.99. The van der Waals surface area contributed by atoms with Gasteiger partial charge >= 0.3 is 10.2 Å². The zero-order valence-electron chi connectivity index (χ0n) is 15.6. The van der Waals surface area contributed by atoms with Crippen molar-refractivity contribution in [3.05, 3.63) is 53.6 Å². The molecule has 6 nitrogen and oxygen atoms in total. The highest BCUT2D eigenvalue weighted by atomic mass is 35.5.